The highest BCUT2D eigenvalue weighted by Gasteiger charge is 2.37. The maximum atomic E-state index is 13.9. The van der Waals surface area contributed by atoms with Crippen LogP contribution in [0.2, 0.25) is 0 Å². The normalized spacial score (nSPS) is 22.1. The van der Waals surface area contributed by atoms with E-state index >= 15 is 0 Å². The summed E-state index contributed by atoms with van der Waals surface area (Å²) < 4.78 is 13.9. The molecule has 0 aromatic heterocycles. The maximum Gasteiger partial charge on any atom is 0.225 e. The summed E-state index contributed by atoms with van der Waals surface area (Å²) in [6.07, 6.45) is 4.82. The molecule has 1 saturated heterocycles. The zero-order valence-electron chi connectivity index (χ0n) is 17.2. The van der Waals surface area contributed by atoms with Crippen LogP contribution in [-0.4, -0.2) is 29.8 Å². The third-order valence-electron chi connectivity index (χ3n) is 6.52. The highest BCUT2D eigenvalue weighted by atomic mass is 19.1. The van der Waals surface area contributed by atoms with E-state index < -0.39 is 0 Å². The minimum atomic E-state index is -0.318. The van der Waals surface area contributed by atoms with Crippen LogP contribution in [0.3, 0.4) is 0 Å². The van der Waals surface area contributed by atoms with Crippen LogP contribution in [0.25, 0.3) is 0 Å². The topological polar surface area (TPSA) is 49.4 Å². The fourth-order valence-corrected chi connectivity index (χ4v) is 4.84. The summed E-state index contributed by atoms with van der Waals surface area (Å²) in [6.45, 7) is 1.27. The Labute approximate surface area is 177 Å². The Balaban J connectivity index is 1.48. The van der Waals surface area contributed by atoms with Gasteiger partial charge in [0.25, 0.3) is 0 Å². The van der Waals surface area contributed by atoms with Crippen molar-refractivity contribution in [1.29, 1.82) is 0 Å². The average Bonchev–Trinajstić information content (AvgIpc) is 3.33. The summed E-state index contributed by atoms with van der Waals surface area (Å²) in [6, 6.07) is 16.6. The van der Waals surface area contributed by atoms with Crippen molar-refractivity contribution in [3.05, 3.63) is 71.5 Å². The second-order valence-corrected chi connectivity index (χ2v) is 8.57. The van der Waals surface area contributed by atoms with Gasteiger partial charge in [-0.25, -0.2) is 4.39 Å². The average molecular weight is 409 g/mol. The molecule has 1 N–H and O–H groups in total. The van der Waals surface area contributed by atoms with Crippen LogP contribution in [0.15, 0.2) is 54.6 Å². The first-order valence-electron chi connectivity index (χ1n) is 11.0. The van der Waals surface area contributed by atoms with Crippen LogP contribution < -0.4 is 5.32 Å². The molecule has 30 heavy (non-hydrogen) atoms. The first kappa shape index (κ1) is 20.6. The third kappa shape index (κ3) is 4.72. The molecule has 4 rings (SSSR count). The number of hydrogen-bond donors (Lipinski definition) is 1. The number of nitrogens with one attached hydrogen (secondary N) is 1. The SMILES string of the molecule is O=C(NCc1ccccc1F)C1CC(c2ccccc2)CN(C(=O)C2CCCC2)C1. The molecule has 1 saturated carbocycles. The van der Waals surface area contributed by atoms with Gasteiger partial charge < -0.3 is 10.2 Å². The van der Waals surface area contributed by atoms with Crippen LogP contribution in [-0.2, 0) is 16.1 Å². The highest BCUT2D eigenvalue weighted by molar-refractivity contribution is 5.82. The smallest absolute Gasteiger partial charge is 0.225 e. The Kier molecular flexibility index (Phi) is 6.46. The number of piperidine rings is 1. The Morgan fingerprint density at radius 1 is 0.933 bits per heavy atom. The minimum Gasteiger partial charge on any atom is -0.352 e. The van der Waals surface area contributed by atoms with Crippen molar-refractivity contribution in [2.45, 2.75) is 44.6 Å². The van der Waals surface area contributed by atoms with Gasteiger partial charge in [0.1, 0.15) is 5.82 Å². The van der Waals surface area contributed by atoms with E-state index in [0.29, 0.717) is 25.1 Å². The Morgan fingerprint density at radius 2 is 1.63 bits per heavy atom. The molecule has 0 spiro atoms. The number of benzene rings is 2. The molecule has 0 radical (unpaired) electrons. The van der Waals surface area contributed by atoms with Crippen LogP contribution >= 0.6 is 0 Å². The van der Waals surface area contributed by atoms with E-state index in [9.17, 15) is 14.0 Å². The van der Waals surface area contributed by atoms with Gasteiger partial charge in [-0.05, 0) is 30.9 Å². The Morgan fingerprint density at radius 3 is 2.37 bits per heavy atom. The van der Waals surface area contributed by atoms with E-state index in [4.69, 9.17) is 0 Å². The number of halogens is 1. The van der Waals surface area contributed by atoms with Gasteiger partial charge in [0.05, 0.1) is 5.92 Å². The van der Waals surface area contributed by atoms with Gasteiger partial charge in [-0.3, -0.25) is 9.59 Å². The summed E-state index contributed by atoms with van der Waals surface area (Å²) in [4.78, 5) is 28.0. The van der Waals surface area contributed by atoms with Gasteiger partial charge >= 0.3 is 0 Å². The molecular formula is C25H29FN2O2. The first-order chi connectivity index (χ1) is 14.6. The van der Waals surface area contributed by atoms with Crippen molar-refractivity contribution >= 4 is 11.8 Å². The van der Waals surface area contributed by atoms with Crippen molar-refractivity contribution in [3.8, 4) is 0 Å². The molecule has 2 aliphatic rings. The number of likely N-dealkylation sites (tertiary alicyclic amines) is 1. The Bertz CT molecular complexity index is 880. The predicted molar refractivity (Wildman–Crippen MR) is 114 cm³/mol. The fourth-order valence-electron chi connectivity index (χ4n) is 4.84. The van der Waals surface area contributed by atoms with Crippen molar-refractivity contribution in [1.82, 2.24) is 10.2 Å². The molecule has 2 amide bonds. The van der Waals surface area contributed by atoms with Crippen LogP contribution in [0, 0.1) is 17.7 Å². The summed E-state index contributed by atoms with van der Waals surface area (Å²) in [7, 11) is 0. The number of carbonyl (C=O) groups excluding carboxylic acids is 2. The molecule has 0 bridgehead atoms. The molecule has 158 valence electrons. The number of amides is 2. The molecule has 1 aliphatic carbocycles. The molecule has 5 heteroatoms. The lowest BCUT2D eigenvalue weighted by Gasteiger charge is -2.38. The lowest BCUT2D eigenvalue weighted by Crippen LogP contribution is -2.49. The summed E-state index contributed by atoms with van der Waals surface area (Å²) in [5, 5.41) is 2.89. The van der Waals surface area contributed by atoms with Gasteiger partial charge in [0.15, 0.2) is 0 Å². The molecule has 2 aromatic rings. The molecule has 4 nitrogen and oxygen atoms in total. The van der Waals surface area contributed by atoms with Gasteiger partial charge in [-0.1, -0.05) is 61.4 Å². The van der Waals surface area contributed by atoms with Gasteiger partial charge in [0.2, 0.25) is 11.8 Å². The number of nitrogens with zero attached hydrogens (tertiary/aromatic N) is 1. The van der Waals surface area contributed by atoms with Crippen LogP contribution in [0.4, 0.5) is 4.39 Å². The summed E-state index contributed by atoms with van der Waals surface area (Å²) in [5.74, 6) is -0.290. The standard InChI is InChI=1S/C25H29FN2O2/c26-23-13-7-6-12-20(23)15-27-24(29)22-14-21(18-8-2-1-3-9-18)16-28(17-22)25(30)19-10-4-5-11-19/h1-3,6-9,12-13,19,21-22H,4-5,10-11,14-17H2,(H,27,29). The van der Waals surface area contributed by atoms with E-state index in [1.165, 1.54) is 6.07 Å². The van der Waals surface area contributed by atoms with Gasteiger partial charge in [-0.2, -0.15) is 0 Å². The summed E-state index contributed by atoms with van der Waals surface area (Å²) in [5.41, 5.74) is 1.63. The molecule has 2 aromatic carbocycles. The third-order valence-corrected chi connectivity index (χ3v) is 6.52. The van der Waals surface area contributed by atoms with E-state index in [0.717, 1.165) is 31.2 Å². The van der Waals surface area contributed by atoms with Crippen molar-refractivity contribution in [2.24, 2.45) is 11.8 Å². The second-order valence-electron chi connectivity index (χ2n) is 8.57. The van der Waals surface area contributed by atoms with Crippen LogP contribution in [0.1, 0.15) is 49.1 Å². The molecule has 1 aliphatic heterocycles. The zero-order chi connectivity index (χ0) is 20.9. The first-order valence-corrected chi connectivity index (χ1v) is 11.0. The summed E-state index contributed by atoms with van der Waals surface area (Å²) >= 11 is 0. The van der Waals surface area contributed by atoms with E-state index in [-0.39, 0.29) is 41.9 Å². The monoisotopic (exact) mass is 408 g/mol. The van der Waals surface area contributed by atoms with E-state index in [1.54, 1.807) is 18.2 Å². The molecule has 2 fully saturated rings. The van der Waals surface area contributed by atoms with Gasteiger partial charge in [0, 0.05) is 37.0 Å². The molecule has 1 heterocycles. The Hall–Kier alpha value is -2.69. The van der Waals surface area contributed by atoms with Crippen molar-refractivity contribution < 1.29 is 14.0 Å². The number of hydrogen-bond acceptors (Lipinski definition) is 2. The molecule has 2 atom stereocenters. The maximum absolute atomic E-state index is 13.9. The van der Waals surface area contributed by atoms with E-state index in [1.807, 2.05) is 23.1 Å². The highest BCUT2D eigenvalue weighted by Crippen LogP contribution is 2.34. The largest absolute Gasteiger partial charge is 0.352 e. The fraction of sp³-hybridized carbons (Fsp3) is 0.440. The number of carbonyl (C=O) groups is 2. The van der Waals surface area contributed by atoms with E-state index in [2.05, 4.69) is 17.4 Å². The predicted octanol–water partition coefficient (Wildman–Crippen LogP) is 4.26. The van der Waals surface area contributed by atoms with Gasteiger partial charge in [-0.15, -0.1) is 0 Å². The second kappa shape index (κ2) is 9.41. The minimum absolute atomic E-state index is 0.0987. The van der Waals surface area contributed by atoms with Crippen LogP contribution in [0.5, 0.6) is 0 Å². The van der Waals surface area contributed by atoms with Crippen molar-refractivity contribution in [3.63, 3.8) is 0 Å². The number of rotatable bonds is 5. The lowest BCUT2D eigenvalue weighted by atomic mass is 9.83. The van der Waals surface area contributed by atoms with Crippen molar-refractivity contribution in [2.75, 3.05) is 13.1 Å². The lowest BCUT2D eigenvalue weighted by molar-refractivity contribution is -0.139. The quantitative estimate of drug-likeness (QED) is 0.804. The molecule has 2 unspecified atom stereocenters. The molecular weight excluding hydrogens is 379 g/mol. The zero-order valence-corrected chi connectivity index (χ0v) is 17.2.